The van der Waals surface area contributed by atoms with E-state index < -0.39 is 16.1 Å². The molecule has 0 aliphatic rings. The Morgan fingerprint density at radius 1 is 0.879 bits per heavy atom. The first-order valence-electron chi connectivity index (χ1n) is 11.6. The number of aldehydes is 1. The van der Waals surface area contributed by atoms with Gasteiger partial charge in [-0.05, 0) is 44.8 Å². The van der Waals surface area contributed by atoms with Crippen LogP contribution >= 0.6 is 11.6 Å². The van der Waals surface area contributed by atoms with Gasteiger partial charge in [0.25, 0.3) is 0 Å². The minimum Gasteiger partial charge on any atom is -0.466 e. The summed E-state index contributed by atoms with van der Waals surface area (Å²) >= 11 is 6.65. The van der Waals surface area contributed by atoms with E-state index >= 15 is 0 Å². The van der Waals surface area contributed by atoms with Gasteiger partial charge in [0.15, 0.2) is 19.9 Å². The van der Waals surface area contributed by atoms with E-state index in [4.69, 9.17) is 30.5 Å². The standard InChI is InChI=1S/C25H43ClO5Si2/c1-19(2)10-11-21-24(30-17-28-12-14-32(4,5)6)22(16-27)20(3)23(26)25(21)31-18-29-13-15-33(7,8)9/h10,16H,11-15,17-18H2,1-9H3. The Balaban J connectivity index is 3.14. The summed E-state index contributed by atoms with van der Waals surface area (Å²) in [7, 11) is -2.38. The van der Waals surface area contributed by atoms with Gasteiger partial charge in [-0.25, -0.2) is 0 Å². The molecule has 1 rings (SSSR count). The third-order valence-electron chi connectivity index (χ3n) is 5.12. The second-order valence-electron chi connectivity index (χ2n) is 11.1. The van der Waals surface area contributed by atoms with Gasteiger partial charge in [-0.3, -0.25) is 4.79 Å². The van der Waals surface area contributed by atoms with Gasteiger partial charge in [0, 0.05) is 34.9 Å². The smallest absolute Gasteiger partial charge is 0.189 e. The minimum atomic E-state index is -1.19. The number of carbonyl (C=O) groups is 1. The normalized spacial score (nSPS) is 11.9. The van der Waals surface area contributed by atoms with Crippen molar-refractivity contribution in [1.29, 1.82) is 0 Å². The maximum absolute atomic E-state index is 12.0. The van der Waals surface area contributed by atoms with E-state index in [2.05, 4.69) is 45.4 Å². The van der Waals surface area contributed by atoms with Crippen LogP contribution in [0.5, 0.6) is 11.5 Å². The van der Waals surface area contributed by atoms with Crippen LogP contribution in [0.2, 0.25) is 56.4 Å². The van der Waals surface area contributed by atoms with Crippen LogP contribution in [0.25, 0.3) is 0 Å². The van der Waals surface area contributed by atoms with E-state index in [1.807, 2.05) is 13.8 Å². The van der Waals surface area contributed by atoms with Crippen LogP contribution in [-0.2, 0) is 15.9 Å². The molecule has 0 spiro atoms. The van der Waals surface area contributed by atoms with Crippen LogP contribution < -0.4 is 9.47 Å². The largest absolute Gasteiger partial charge is 0.466 e. The molecule has 8 heteroatoms. The summed E-state index contributed by atoms with van der Waals surface area (Å²) < 4.78 is 23.5. The number of allylic oxidation sites excluding steroid dienone is 2. The molecule has 0 N–H and O–H groups in total. The van der Waals surface area contributed by atoms with Gasteiger partial charge in [0.2, 0.25) is 0 Å². The number of halogens is 1. The van der Waals surface area contributed by atoms with E-state index in [0.29, 0.717) is 47.3 Å². The fourth-order valence-electron chi connectivity index (χ4n) is 2.88. The molecule has 0 unspecified atom stereocenters. The molecule has 1 aromatic rings. The molecule has 0 aromatic heterocycles. The maximum Gasteiger partial charge on any atom is 0.189 e. The Labute approximate surface area is 207 Å². The van der Waals surface area contributed by atoms with Crippen LogP contribution in [0.4, 0.5) is 0 Å². The summed E-state index contributed by atoms with van der Waals surface area (Å²) in [5.74, 6) is 0.969. The summed E-state index contributed by atoms with van der Waals surface area (Å²) in [6, 6.07) is 2.10. The molecule has 0 fully saturated rings. The highest BCUT2D eigenvalue weighted by Crippen LogP contribution is 2.42. The first kappa shape index (κ1) is 29.9. The molecule has 0 amide bonds. The SMILES string of the molecule is CC(C)=CCc1c(OCOCC[Si](C)(C)C)c(Cl)c(C)c(C=O)c1OCOCC[Si](C)(C)C. The average Bonchev–Trinajstić information content (AvgIpc) is 2.68. The molecule has 1 aromatic carbocycles. The highest BCUT2D eigenvalue weighted by atomic mass is 35.5. The molecule has 0 aliphatic carbocycles. The van der Waals surface area contributed by atoms with Crippen molar-refractivity contribution in [3.63, 3.8) is 0 Å². The van der Waals surface area contributed by atoms with Crippen LogP contribution in [0.1, 0.15) is 35.3 Å². The number of benzene rings is 1. The van der Waals surface area contributed by atoms with Crippen molar-refractivity contribution in [2.45, 2.75) is 78.6 Å². The predicted molar refractivity (Wildman–Crippen MR) is 144 cm³/mol. The van der Waals surface area contributed by atoms with Crippen molar-refractivity contribution < 1.29 is 23.7 Å². The lowest BCUT2D eigenvalue weighted by molar-refractivity contribution is 0.0166. The van der Waals surface area contributed by atoms with E-state index in [1.165, 1.54) is 0 Å². The summed E-state index contributed by atoms with van der Waals surface area (Å²) in [6.07, 6.45) is 3.38. The first-order valence-corrected chi connectivity index (χ1v) is 19.4. The minimum absolute atomic E-state index is 0.0698. The maximum atomic E-state index is 12.0. The lowest BCUT2D eigenvalue weighted by Crippen LogP contribution is -2.22. The molecule has 33 heavy (non-hydrogen) atoms. The van der Waals surface area contributed by atoms with Gasteiger partial charge in [0.1, 0.15) is 11.5 Å². The molecule has 0 bridgehead atoms. The highest BCUT2D eigenvalue weighted by molar-refractivity contribution is 6.76. The Hall–Kier alpha value is -1.13. The number of hydrogen-bond acceptors (Lipinski definition) is 5. The average molecular weight is 515 g/mol. The second kappa shape index (κ2) is 13.7. The Bertz CT molecular complexity index is 807. The van der Waals surface area contributed by atoms with Crippen molar-refractivity contribution in [2.24, 2.45) is 0 Å². The molecule has 0 saturated heterocycles. The molecular weight excluding hydrogens is 472 g/mol. The molecule has 0 aliphatic heterocycles. The number of carbonyl (C=O) groups excluding carboxylic acids is 1. The third-order valence-corrected chi connectivity index (χ3v) is 8.99. The fraction of sp³-hybridized carbons (Fsp3) is 0.640. The second-order valence-corrected chi connectivity index (χ2v) is 22.7. The van der Waals surface area contributed by atoms with Crippen molar-refractivity contribution >= 4 is 34.0 Å². The first-order chi connectivity index (χ1) is 15.3. The molecule has 0 saturated carbocycles. The van der Waals surface area contributed by atoms with E-state index in [9.17, 15) is 4.79 Å². The zero-order valence-electron chi connectivity index (χ0n) is 22.0. The lowest BCUT2D eigenvalue weighted by atomic mass is 9.99. The van der Waals surface area contributed by atoms with Gasteiger partial charge in [0.05, 0.1) is 10.6 Å². The van der Waals surface area contributed by atoms with Gasteiger partial charge >= 0.3 is 0 Å². The van der Waals surface area contributed by atoms with Crippen molar-refractivity contribution in [3.8, 4) is 11.5 Å². The number of hydrogen-bond donors (Lipinski definition) is 0. The Morgan fingerprint density at radius 3 is 1.79 bits per heavy atom. The summed E-state index contributed by atoms with van der Waals surface area (Å²) in [5.41, 5.74) is 2.94. The van der Waals surface area contributed by atoms with Gasteiger partial charge in [-0.1, -0.05) is 62.5 Å². The monoisotopic (exact) mass is 514 g/mol. The molecular formula is C25H43ClO5Si2. The van der Waals surface area contributed by atoms with Crippen LogP contribution in [-0.4, -0.2) is 49.2 Å². The molecule has 0 atom stereocenters. The summed E-state index contributed by atoms with van der Waals surface area (Å²) in [5, 5.41) is 0.412. The number of rotatable bonds is 15. The van der Waals surface area contributed by atoms with Crippen molar-refractivity contribution in [1.82, 2.24) is 0 Å². The zero-order chi connectivity index (χ0) is 25.2. The molecule has 5 nitrogen and oxygen atoms in total. The van der Waals surface area contributed by atoms with Gasteiger partial charge < -0.3 is 18.9 Å². The molecule has 0 heterocycles. The fourth-order valence-corrected chi connectivity index (χ4v) is 4.67. The lowest BCUT2D eigenvalue weighted by Gasteiger charge is -2.22. The van der Waals surface area contributed by atoms with E-state index in [1.54, 1.807) is 6.92 Å². The van der Waals surface area contributed by atoms with Crippen molar-refractivity contribution in [3.05, 3.63) is 33.4 Å². The van der Waals surface area contributed by atoms with Gasteiger partial charge in [-0.2, -0.15) is 0 Å². The summed E-state index contributed by atoms with van der Waals surface area (Å²) in [6.45, 7) is 21.1. The van der Waals surface area contributed by atoms with E-state index in [0.717, 1.165) is 29.5 Å². The van der Waals surface area contributed by atoms with Gasteiger partial charge in [-0.15, -0.1) is 0 Å². The highest BCUT2D eigenvalue weighted by Gasteiger charge is 2.23. The Morgan fingerprint density at radius 2 is 1.36 bits per heavy atom. The Kier molecular flexibility index (Phi) is 12.4. The third kappa shape index (κ3) is 11.2. The van der Waals surface area contributed by atoms with Crippen LogP contribution in [0.3, 0.4) is 0 Å². The summed E-state index contributed by atoms with van der Waals surface area (Å²) in [4.78, 5) is 12.0. The quantitative estimate of drug-likeness (QED) is 0.0804. The molecule has 188 valence electrons. The van der Waals surface area contributed by atoms with Crippen LogP contribution in [0, 0.1) is 6.92 Å². The topological polar surface area (TPSA) is 54.0 Å². The van der Waals surface area contributed by atoms with Crippen molar-refractivity contribution in [2.75, 3.05) is 26.8 Å². The molecule has 0 radical (unpaired) electrons. The van der Waals surface area contributed by atoms with Crippen LogP contribution in [0.15, 0.2) is 11.6 Å². The number of ether oxygens (including phenoxy) is 4. The predicted octanol–water partition coefficient (Wildman–Crippen LogP) is 7.35. The zero-order valence-corrected chi connectivity index (χ0v) is 24.8. The van der Waals surface area contributed by atoms with E-state index in [-0.39, 0.29) is 13.6 Å².